The molecule has 0 N–H and O–H groups in total. The minimum absolute atomic E-state index is 0.0950. The number of rotatable bonds is 4. The maximum atomic E-state index is 13.1. The van der Waals surface area contributed by atoms with Gasteiger partial charge in [-0.3, -0.25) is 9.48 Å². The van der Waals surface area contributed by atoms with Crippen molar-refractivity contribution in [2.75, 3.05) is 13.1 Å². The van der Waals surface area contributed by atoms with Crippen LogP contribution in [0.15, 0.2) is 53.1 Å². The lowest BCUT2D eigenvalue weighted by Crippen LogP contribution is -2.32. The van der Waals surface area contributed by atoms with Gasteiger partial charge in [0.05, 0.1) is 12.2 Å². The Kier molecular flexibility index (Phi) is 5.13. The molecular formula is C20H18BrFN4O2. The molecule has 1 fully saturated rings. The van der Waals surface area contributed by atoms with E-state index in [1.807, 2.05) is 6.07 Å². The zero-order valence-corrected chi connectivity index (χ0v) is 16.8. The summed E-state index contributed by atoms with van der Waals surface area (Å²) in [5, 5.41) is 4.40. The summed E-state index contributed by atoms with van der Waals surface area (Å²) in [4.78, 5) is 18.9. The van der Waals surface area contributed by atoms with Gasteiger partial charge in [0.2, 0.25) is 5.88 Å². The van der Waals surface area contributed by atoms with Crippen LogP contribution in [0.5, 0.6) is 5.88 Å². The van der Waals surface area contributed by atoms with E-state index in [0.29, 0.717) is 30.4 Å². The highest BCUT2D eigenvalue weighted by atomic mass is 79.9. The van der Waals surface area contributed by atoms with Crippen LogP contribution < -0.4 is 4.74 Å². The zero-order valence-electron chi connectivity index (χ0n) is 15.2. The molecule has 2 aromatic heterocycles. The Balaban J connectivity index is 1.45. The first kappa shape index (κ1) is 18.6. The third-order valence-corrected chi connectivity index (χ3v) is 5.13. The second kappa shape index (κ2) is 7.71. The Hall–Kier alpha value is -2.74. The summed E-state index contributed by atoms with van der Waals surface area (Å²) in [6.45, 7) is 1.10. The van der Waals surface area contributed by atoms with Crippen LogP contribution >= 0.6 is 15.9 Å². The average Bonchev–Trinajstić information content (AvgIpc) is 3.30. The van der Waals surface area contributed by atoms with Crippen LogP contribution in [0.1, 0.15) is 16.9 Å². The number of pyridine rings is 1. The fourth-order valence-electron chi connectivity index (χ4n) is 3.20. The Morgan fingerprint density at radius 1 is 1.25 bits per heavy atom. The van der Waals surface area contributed by atoms with Gasteiger partial charge in [-0.15, -0.1) is 0 Å². The minimum atomic E-state index is -0.306. The molecule has 8 heteroatoms. The molecule has 1 atom stereocenters. The Labute approximate surface area is 170 Å². The zero-order chi connectivity index (χ0) is 19.7. The number of benzene rings is 1. The van der Waals surface area contributed by atoms with Crippen molar-refractivity contribution in [1.82, 2.24) is 19.7 Å². The van der Waals surface area contributed by atoms with Crippen molar-refractivity contribution >= 4 is 21.8 Å². The monoisotopic (exact) mass is 444 g/mol. The molecule has 3 heterocycles. The summed E-state index contributed by atoms with van der Waals surface area (Å²) in [7, 11) is 1.73. The van der Waals surface area contributed by atoms with E-state index in [1.165, 1.54) is 12.1 Å². The van der Waals surface area contributed by atoms with Gasteiger partial charge in [-0.25, -0.2) is 9.37 Å². The van der Waals surface area contributed by atoms with Crippen LogP contribution in [0, 0.1) is 5.82 Å². The van der Waals surface area contributed by atoms with E-state index in [-0.39, 0.29) is 17.8 Å². The number of likely N-dealkylation sites (tertiary alicyclic amines) is 1. The molecule has 0 radical (unpaired) electrons. The fourth-order valence-corrected chi connectivity index (χ4v) is 3.44. The highest BCUT2D eigenvalue weighted by Gasteiger charge is 2.30. The number of halogens is 2. The number of aromatic nitrogens is 3. The molecule has 0 aliphatic carbocycles. The van der Waals surface area contributed by atoms with Gasteiger partial charge >= 0.3 is 0 Å². The van der Waals surface area contributed by atoms with Crippen LogP contribution in [0.25, 0.3) is 11.3 Å². The number of hydrogen-bond acceptors (Lipinski definition) is 4. The first-order valence-electron chi connectivity index (χ1n) is 8.87. The van der Waals surface area contributed by atoms with Gasteiger partial charge in [-0.2, -0.15) is 5.10 Å². The standard InChI is InChI=1S/C20H18BrFN4O2/c1-25-18(10-17(24-25)13-2-5-15(22)6-3-13)20(27)26-9-8-16(12-26)28-19-7-4-14(21)11-23-19/h2-7,10-11,16H,8-9,12H2,1H3. The number of ether oxygens (including phenoxy) is 1. The minimum Gasteiger partial charge on any atom is -0.472 e. The molecule has 1 saturated heterocycles. The Bertz CT molecular complexity index is 988. The molecule has 1 unspecified atom stereocenters. The van der Waals surface area contributed by atoms with Crippen molar-refractivity contribution in [2.24, 2.45) is 7.05 Å². The third kappa shape index (κ3) is 3.91. The predicted molar refractivity (Wildman–Crippen MR) is 105 cm³/mol. The van der Waals surface area contributed by atoms with Crippen molar-refractivity contribution in [3.05, 3.63) is 64.6 Å². The maximum absolute atomic E-state index is 13.1. The molecule has 1 aromatic carbocycles. The third-order valence-electron chi connectivity index (χ3n) is 4.66. The first-order valence-corrected chi connectivity index (χ1v) is 9.66. The number of carbonyl (C=O) groups excluding carboxylic acids is 1. The Morgan fingerprint density at radius 3 is 2.75 bits per heavy atom. The fraction of sp³-hybridized carbons (Fsp3) is 0.250. The highest BCUT2D eigenvalue weighted by molar-refractivity contribution is 9.10. The highest BCUT2D eigenvalue weighted by Crippen LogP contribution is 2.23. The summed E-state index contributed by atoms with van der Waals surface area (Å²) in [5.74, 6) is 0.138. The summed E-state index contributed by atoms with van der Waals surface area (Å²) in [6, 6.07) is 11.5. The van der Waals surface area contributed by atoms with E-state index >= 15 is 0 Å². The van der Waals surface area contributed by atoms with Gasteiger partial charge in [0.15, 0.2) is 0 Å². The topological polar surface area (TPSA) is 60.2 Å². The second-order valence-corrected chi connectivity index (χ2v) is 7.56. The smallest absolute Gasteiger partial charge is 0.272 e. The summed E-state index contributed by atoms with van der Waals surface area (Å²) in [5.41, 5.74) is 1.89. The summed E-state index contributed by atoms with van der Waals surface area (Å²) < 4.78 is 21.5. The van der Waals surface area contributed by atoms with E-state index in [1.54, 1.807) is 47.1 Å². The number of amides is 1. The molecule has 0 saturated carbocycles. The molecule has 4 rings (SSSR count). The van der Waals surface area contributed by atoms with E-state index < -0.39 is 0 Å². The van der Waals surface area contributed by atoms with Crippen molar-refractivity contribution in [3.63, 3.8) is 0 Å². The second-order valence-electron chi connectivity index (χ2n) is 6.64. The van der Waals surface area contributed by atoms with Gasteiger partial charge < -0.3 is 9.64 Å². The van der Waals surface area contributed by atoms with Gasteiger partial charge in [0.25, 0.3) is 5.91 Å². The largest absolute Gasteiger partial charge is 0.472 e. The van der Waals surface area contributed by atoms with Crippen LogP contribution in [0.3, 0.4) is 0 Å². The van der Waals surface area contributed by atoms with E-state index in [4.69, 9.17) is 4.74 Å². The van der Waals surface area contributed by atoms with E-state index in [0.717, 1.165) is 16.5 Å². The lowest BCUT2D eigenvalue weighted by atomic mass is 10.1. The first-order chi connectivity index (χ1) is 13.5. The van der Waals surface area contributed by atoms with E-state index in [2.05, 4.69) is 26.0 Å². The lowest BCUT2D eigenvalue weighted by molar-refractivity contribution is 0.0760. The molecule has 1 amide bonds. The maximum Gasteiger partial charge on any atom is 0.272 e. The molecule has 0 bridgehead atoms. The number of aryl methyl sites for hydroxylation is 1. The number of carbonyl (C=O) groups is 1. The van der Waals surface area contributed by atoms with Crippen LogP contribution in [0.4, 0.5) is 4.39 Å². The van der Waals surface area contributed by atoms with Crippen molar-refractivity contribution in [3.8, 4) is 17.1 Å². The number of hydrogen-bond donors (Lipinski definition) is 0. The molecule has 3 aromatic rings. The number of nitrogens with zero attached hydrogens (tertiary/aromatic N) is 4. The summed E-state index contributed by atoms with van der Waals surface area (Å²) >= 11 is 3.34. The predicted octanol–water partition coefficient (Wildman–Crippen LogP) is 3.68. The molecule has 0 spiro atoms. The van der Waals surface area contributed by atoms with Crippen LogP contribution in [0.2, 0.25) is 0 Å². The SMILES string of the molecule is Cn1nc(-c2ccc(F)cc2)cc1C(=O)N1CCC(Oc2ccc(Br)cn2)C1. The van der Waals surface area contributed by atoms with Crippen molar-refractivity contribution in [1.29, 1.82) is 0 Å². The Morgan fingerprint density at radius 2 is 2.04 bits per heavy atom. The molecular weight excluding hydrogens is 427 g/mol. The van der Waals surface area contributed by atoms with Crippen LogP contribution in [-0.4, -0.2) is 44.8 Å². The van der Waals surface area contributed by atoms with Gasteiger partial charge in [0, 0.05) is 42.3 Å². The van der Waals surface area contributed by atoms with Crippen molar-refractivity contribution in [2.45, 2.75) is 12.5 Å². The molecule has 6 nitrogen and oxygen atoms in total. The van der Waals surface area contributed by atoms with E-state index in [9.17, 15) is 9.18 Å². The molecule has 1 aliphatic heterocycles. The van der Waals surface area contributed by atoms with Gasteiger partial charge in [0.1, 0.15) is 17.6 Å². The van der Waals surface area contributed by atoms with Crippen LogP contribution in [-0.2, 0) is 7.05 Å². The molecule has 1 aliphatic rings. The quantitative estimate of drug-likeness (QED) is 0.615. The summed E-state index contributed by atoms with van der Waals surface area (Å²) in [6.07, 6.45) is 2.33. The average molecular weight is 445 g/mol. The van der Waals surface area contributed by atoms with Gasteiger partial charge in [-0.1, -0.05) is 0 Å². The molecule has 144 valence electrons. The van der Waals surface area contributed by atoms with Crippen molar-refractivity contribution < 1.29 is 13.9 Å². The lowest BCUT2D eigenvalue weighted by Gasteiger charge is -2.16. The van der Waals surface area contributed by atoms with Gasteiger partial charge in [-0.05, 0) is 52.3 Å². The molecule has 28 heavy (non-hydrogen) atoms. The normalized spacial score (nSPS) is 16.4.